The summed E-state index contributed by atoms with van der Waals surface area (Å²) in [6.07, 6.45) is 14.8. The number of hydrogen-bond acceptors (Lipinski definition) is 6. The van der Waals surface area contributed by atoms with Gasteiger partial charge in [-0.05, 0) is 57.8 Å². The fourth-order valence-electron chi connectivity index (χ4n) is 4.60. The molecule has 0 aliphatic heterocycles. The first-order chi connectivity index (χ1) is 13.6. The molecule has 28 heavy (non-hydrogen) atoms. The van der Waals surface area contributed by atoms with Crippen molar-refractivity contribution in [2.75, 3.05) is 10.6 Å². The van der Waals surface area contributed by atoms with E-state index in [0.717, 1.165) is 44.9 Å². The molecule has 0 spiro atoms. The third-order valence-electron chi connectivity index (χ3n) is 6.59. The van der Waals surface area contributed by atoms with E-state index in [-0.39, 0.29) is 5.54 Å². The predicted octanol–water partition coefficient (Wildman–Crippen LogP) is 3.61. The molecule has 3 aliphatic rings. The number of nitrogens with zero attached hydrogens (tertiary/aromatic N) is 2. The Hall–Kier alpha value is -1.89. The van der Waals surface area contributed by atoms with Gasteiger partial charge in [-0.25, -0.2) is 4.98 Å². The number of hydrogen-bond donors (Lipinski definition) is 3. The van der Waals surface area contributed by atoms with Crippen molar-refractivity contribution in [1.82, 2.24) is 9.97 Å². The normalized spacial score (nSPS) is 26.8. The highest BCUT2D eigenvalue weighted by Crippen LogP contribution is 2.36. The van der Waals surface area contributed by atoms with Crippen LogP contribution in [0.3, 0.4) is 0 Å². The highest BCUT2D eigenvalue weighted by molar-refractivity contribution is 5.97. The van der Waals surface area contributed by atoms with E-state index in [1.54, 1.807) is 6.20 Å². The van der Waals surface area contributed by atoms with Gasteiger partial charge in [-0.3, -0.25) is 4.79 Å². The molecule has 0 radical (unpaired) electrons. The molecule has 3 aliphatic carbocycles. The molecule has 0 aromatic carbocycles. The average Bonchev–Trinajstić information content (AvgIpc) is 3.38. The minimum absolute atomic E-state index is 0.00797. The summed E-state index contributed by atoms with van der Waals surface area (Å²) in [5.74, 6) is 0.652. The molecule has 1 amide bonds. The van der Waals surface area contributed by atoms with Crippen LogP contribution in [0, 0.1) is 0 Å². The summed E-state index contributed by atoms with van der Waals surface area (Å²) in [4.78, 5) is 20.9. The number of nitrogens with one attached hydrogen (secondary N) is 2. The molecule has 4 N–H and O–H groups in total. The van der Waals surface area contributed by atoms with Gasteiger partial charge in [-0.2, -0.15) is 4.98 Å². The second kappa shape index (κ2) is 8.23. The molecule has 0 atom stereocenters. The summed E-state index contributed by atoms with van der Waals surface area (Å²) < 4.78 is 6.04. The standard InChI is InChI=1S/C21H33N5O2/c1-2-21(11-3-4-12-21)26-19-17(18(22)27)13-23-20(25-19)24-14-5-7-15(8-6-14)28-16-9-10-16/h13-16H,2-12H2,1H3,(H2,22,27)(H2,23,24,25,26). The minimum atomic E-state index is -0.490. The largest absolute Gasteiger partial charge is 0.375 e. The van der Waals surface area contributed by atoms with Crippen LogP contribution in [0.15, 0.2) is 6.20 Å². The molecule has 1 aromatic heterocycles. The Morgan fingerprint density at radius 2 is 1.82 bits per heavy atom. The second-order valence-corrected chi connectivity index (χ2v) is 8.74. The van der Waals surface area contributed by atoms with Crippen LogP contribution in [0.25, 0.3) is 0 Å². The number of carbonyl (C=O) groups is 1. The maximum Gasteiger partial charge on any atom is 0.254 e. The van der Waals surface area contributed by atoms with E-state index in [4.69, 9.17) is 10.5 Å². The number of carbonyl (C=O) groups excluding carboxylic acids is 1. The lowest BCUT2D eigenvalue weighted by atomic mass is 9.93. The molecular weight excluding hydrogens is 354 g/mol. The molecule has 1 aromatic rings. The predicted molar refractivity (Wildman–Crippen MR) is 109 cm³/mol. The van der Waals surface area contributed by atoms with Gasteiger partial charge in [0.1, 0.15) is 5.82 Å². The molecular formula is C21H33N5O2. The van der Waals surface area contributed by atoms with Crippen molar-refractivity contribution < 1.29 is 9.53 Å². The van der Waals surface area contributed by atoms with Gasteiger partial charge < -0.3 is 21.1 Å². The molecule has 3 fully saturated rings. The zero-order valence-corrected chi connectivity index (χ0v) is 16.9. The van der Waals surface area contributed by atoms with Crippen LogP contribution in [0.2, 0.25) is 0 Å². The second-order valence-electron chi connectivity index (χ2n) is 8.74. The average molecular weight is 388 g/mol. The first-order valence-electron chi connectivity index (χ1n) is 10.9. The summed E-state index contributed by atoms with van der Waals surface area (Å²) in [5.41, 5.74) is 5.95. The third-order valence-corrected chi connectivity index (χ3v) is 6.59. The van der Waals surface area contributed by atoms with Gasteiger partial charge in [0.2, 0.25) is 5.95 Å². The van der Waals surface area contributed by atoms with Crippen LogP contribution in [-0.4, -0.2) is 39.7 Å². The Bertz CT molecular complexity index is 692. The topological polar surface area (TPSA) is 102 Å². The fraction of sp³-hybridized carbons (Fsp3) is 0.762. The smallest absolute Gasteiger partial charge is 0.254 e. The fourth-order valence-corrected chi connectivity index (χ4v) is 4.60. The van der Waals surface area contributed by atoms with Gasteiger partial charge >= 0.3 is 0 Å². The van der Waals surface area contributed by atoms with Crippen molar-refractivity contribution in [3.8, 4) is 0 Å². The molecule has 154 valence electrons. The van der Waals surface area contributed by atoms with Crippen LogP contribution >= 0.6 is 0 Å². The highest BCUT2D eigenvalue weighted by Gasteiger charge is 2.34. The Morgan fingerprint density at radius 3 is 2.39 bits per heavy atom. The van der Waals surface area contributed by atoms with Crippen LogP contribution in [0.5, 0.6) is 0 Å². The molecule has 7 nitrogen and oxygen atoms in total. The monoisotopic (exact) mass is 387 g/mol. The maximum absolute atomic E-state index is 11.9. The van der Waals surface area contributed by atoms with E-state index in [1.807, 2.05) is 0 Å². The van der Waals surface area contributed by atoms with Gasteiger partial charge in [-0.1, -0.05) is 19.8 Å². The molecule has 0 saturated heterocycles. The third kappa shape index (κ3) is 4.57. The summed E-state index contributed by atoms with van der Waals surface area (Å²) in [6.45, 7) is 2.19. The Balaban J connectivity index is 1.42. The Labute approximate surface area is 167 Å². The zero-order valence-electron chi connectivity index (χ0n) is 16.9. The van der Waals surface area contributed by atoms with Crippen molar-refractivity contribution >= 4 is 17.7 Å². The zero-order chi connectivity index (χ0) is 19.6. The van der Waals surface area contributed by atoms with Crippen LogP contribution in [-0.2, 0) is 4.74 Å². The lowest BCUT2D eigenvalue weighted by Gasteiger charge is -2.31. The quantitative estimate of drug-likeness (QED) is 0.630. The van der Waals surface area contributed by atoms with Crippen molar-refractivity contribution in [1.29, 1.82) is 0 Å². The van der Waals surface area contributed by atoms with Crippen molar-refractivity contribution in [2.45, 2.75) is 101 Å². The number of primary amides is 1. The number of anilines is 2. The van der Waals surface area contributed by atoms with Gasteiger partial charge in [-0.15, -0.1) is 0 Å². The lowest BCUT2D eigenvalue weighted by Crippen LogP contribution is -2.36. The van der Waals surface area contributed by atoms with E-state index < -0.39 is 5.91 Å². The van der Waals surface area contributed by atoms with Gasteiger partial charge in [0, 0.05) is 17.8 Å². The molecule has 0 bridgehead atoms. The summed E-state index contributed by atoms with van der Waals surface area (Å²) in [7, 11) is 0. The van der Waals surface area contributed by atoms with Crippen LogP contribution in [0.1, 0.15) is 87.9 Å². The van der Waals surface area contributed by atoms with Gasteiger partial charge in [0.25, 0.3) is 5.91 Å². The summed E-state index contributed by atoms with van der Waals surface area (Å²) in [5, 5.41) is 7.02. The summed E-state index contributed by atoms with van der Waals surface area (Å²) in [6, 6.07) is 0.345. The molecule has 4 rings (SSSR count). The molecule has 7 heteroatoms. The number of rotatable bonds is 8. The van der Waals surface area contributed by atoms with Gasteiger partial charge in [0.05, 0.1) is 17.8 Å². The van der Waals surface area contributed by atoms with Crippen LogP contribution in [0.4, 0.5) is 11.8 Å². The number of ether oxygens (including phenoxy) is 1. The Morgan fingerprint density at radius 1 is 1.18 bits per heavy atom. The minimum Gasteiger partial charge on any atom is -0.375 e. The van der Waals surface area contributed by atoms with Crippen LogP contribution < -0.4 is 16.4 Å². The summed E-state index contributed by atoms with van der Waals surface area (Å²) >= 11 is 0. The SMILES string of the molecule is CCC1(Nc2nc(NC3CCC(OC4CC4)CC3)ncc2C(N)=O)CCCC1. The number of nitrogens with two attached hydrogens (primary N) is 1. The number of amides is 1. The van der Waals surface area contributed by atoms with E-state index in [0.29, 0.717) is 35.6 Å². The molecule has 1 heterocycles. The van der Waals surface area contributed by atoms with Crippen molar-refractivity contribution in [3.05, 3.63) is 11.8 Å². The van der Waals surface area contributed by atoms with E-state index in [2.05, 4.69) is 27.5 Å². The van der Waals surface area contributed by atoms with E-state index in [1.165, 1.54) is 25.7 Å². The molecule has 3 saturated carbocycles. The lowest BCUT2D eigenvalue weighted by molar-refractivity contribution is 0.0146. The highest BCUT2D eigenvalue weighted by atomic mass is 16.5. The van der Waals surface area contributed by atoms with Gasteiger partial charge in [0.15, 0.2) is 0 Å². The van der Waals surface area contributed by atoms with E-state index >= 15 is 0 Å². The Kier molecular flexibility index (Phi) is 5.71. The van der Waals surface area contributed by atoms with Crippen molar-refractivity contribution in [2.24, 2.45) is 5.73 Å². The first-order valence-corrected chi connectivity index (χ1v) is 10.9. The van der Waals surface area contributed by atoms with Crippen molar-refractivity contribution in [3.63, 3.8) is 0 Å². The first kappa shape index (κ1) is 19.4. The molecule has 0 unspecified atom stereocenters. The maximum atomic E-state index is 11.9. The van der Waals surface area contributed by atoms with E-state index in [9.17, 15) is 4.79 Å². The number of aromatic nitrogens is 2.